The lowest BCUT2D eigenvalue weighted by atomic mass is 10.2. The molecule has 6 nitrogen and oxygen atoms in total. The summed E-state index contributed by atoms with van der Waals surface area (Å²) in [5.74, 6) is -0.329. The van der Waals surface area contributed by atoms with Crippen molar-refractivity contribution < 1.29 is 13.2 Å². The van der Waals surface area contributed by atoms with Crippen LogP contribution in [0.5, 0.6) is 0 Å². The van der Waals surface area contributed by atoms with Gasteiger partial charge in [0.25, 0.3) is 5.91 Å². The molecule has 0 heterocycles. The Balaban J connectivity index is 2.52. The highest BCUT2D eigenvalue weighted by molar-refractivity contribution is 7.89. The summed E-state index contributed by atoms with van der Waals surface area (Å²) in [6, 6.07) is 6.70. The Labute approximate surface area is 112 Å². The summed E-state index contributed by atoms with van der Waals surface area (Å²) in [5.41, 5.74) is 1.25. The largest absolute Gasteiger partial charge is 0.384 e. The summed E-state index contributed by atoms with van der Waals surface area (Å²) in [7, 11) is -3.46. The maximum Gasteiger partial charge on any atom is 0.251 e. The molecule has 0 aliphatic rings. The zero-order valence-electron chi connectivity index (χ0n) is 10.4. The molecule has 1 aromatic carbocycles. The summed E-state index contributed by atoms with van der Waals surface area (Å²) in [5, 5.41) is 10.4. The average Bonchev–Trinajstić information content (AvgIpc) is 2.35. The standard InChI is InChI=1S/C12H17N3O3S/c1-2-7-15-12(16)10-3-5-11(6-4-10)14-8-9-19(13,17)18/h2-6,14H,1,7-9H2,(H,15,16)(H2,13,17,18). The van der Waals surface area contributed by atoms with Crippen LogP contribution in [0.3, 0.4) is 0 Å². The van der Waals surface area contributed by atoms with E-state index in [4.69, 9.17) is 5.14 Å². The molecule has 0 aliphatic carbocycles. The highest BCUT2D eigenvalue weighted by atomic mass is 32.2. The molecule has 7 heteroatoms. The number of hydrogen-bond acceptors (Lipinski definition) is 4. The average molecular weight is 283 g/mol. The molecular formula is C12H17N3O3S. The molecule has 0 unspecified atom stereocenters. The van der Waals surface area contributed by atoms with Gasteiger partial charge in [-0.25, -0.2) is 13.6 Å². The van der Waals surface area contributed by atoms with Crippen LogP contribution in [0.1, 0.15) is 10.4 Å². The first-order valence-corrected chi connectivity index (χ1v) is 7.37. The van der Waals surface area contributed by atoms with E-state index in [1.54, 1.807) is 30.3 Å². The maximum atomic E-state index is 11.6. The van der Waals surface area contributed by atoms with Gasteiger partial charge >= 0.3 is 0 Å². The quantitative estimate of drug-likeness (QED) is 0.626. The van der Waals surface area contributed by atoms with Crippen LogP contribution in [0, 0.1) is 0 Å². The number of sulfonamides is 1. The number of nitrogens with two attached hydrogens (primary N) is 1. The zero-order valence-corrected chi connectivity index (χ0v) is 11.2. The summed E-state index contributed by atoms with van der Waals surface area (Å²) < 4.78 is 21.5. The molecule has 4 N–H and O–H groups in total. The SMILES string of the molecule is C=CCNC(=O)c1ccc(NCCS(N)(=O)=O)cc1. The van der Waals surface area contributed by atoms with Gasteiger partial charge in [0.15, 0.2) is 0 Å². The lowest BCUT2D eigenvalue weighted by Crippen LogP contribution is -2.23. The molecule has 19 heavy (non-hydrogen) atoms. The molecule has 0 spiro atoms. The molecule has 0 saturated heterocycles. The Morgan fingerprint density at radius 2 is 1.95 bits per heavy atom. The van der Waals surface area contributed by atoms with Crippen molar-refractivity contribution in [1.29, 1.82) is 0 Å². The predicted octanol–water partition coefficient (Wildman–Crippen LogP) is 0.303. The number of amides is 1. The number of benzene rings is 1. The Morgan fingerprint density at radius 3 is 2.47 bits per heavy atom. The van der Waals surface area contributed by atoms with Gasteiger partial charge in [-0.15, -0.1) is 6.58 Å². The minimum Gasteiger partial charge on any atom is -0.384 e. The Kier molecular flexibility index (Phi) is 5.53. The second-order valence-electron chi connectivity index (χ2n) is 3.87. The minimum absolute atomic E-state index is 0.144. The van der Waals surface area contributed by atoms with Crippen molar-refractivity contribution in [3.05, 3.63) is 42.5 Å². The van der Waals surface area contributed by atoms with Gasteiger partial charge in [-0.3, -0.25) is 4.79 Å². The molecule has 0 aromatic heterocycles. The second-order valence-corrected chi connectivity index (χ2v) is 5.60. The topological polar surface area (TPSA) is 101 Å². The fourth-order valence-electron chi connectivity index (χ4n) is 1.34. The molecule has 0 saturated carbocycles. The van der Waals surface area contributed by atoms with Crippen LogP contribution >= 0.6 is 0 Å². The lowest BCUT2D eigenvalue weighted by Gasteiger charge is -2.07. The molecule has 104 valence electrons. The van der Waals surface area contributed by atoms with Gasteiger partial charge in [0, 0.05) is 24.3 Å². The second kappa shape index (κ2) is 6.91. The van der Waals surface area contributed by atoms with Crippen LogP contribution in [0.2, 0.25) is 0 Å². The summed E-state index contributed by atoms with van der Waals surface area (Å²) in [6.07, 6.45) is 1.60. The van der Waals surface area contributed by atoms with E-state index in [2.05, 4.69) is 17.2 Å². The normalized spacial score (nSPS) is 10.8. The van der Waals surface area contributed by atoms with Crippen molar-refractivity contribution in [3.8, 4) is 0 Å². The highest BCUT2D eigenvalue weighted by Crippen LogP contribution is 2.09. The van der Waals surface area contributed by atoms with Crippen LogP contribution in [-0.4, -0.2) is 33.2 Å². The van der Waals surface area contributed by atoms with E-state index in [9.17, 15) is 13.2 Å². The molecule has 0 fully saturated rings. The predicted molar refractivity (Wildman–Crippen MR) is 75.4 cm³/mol. The summed E-state index contributed by atoms with van der Waals surface area (Å²) in [4.78, 5) is 11.6. The lowest BCUT2D eigenvalue weighted by molar-refractivity contribution is 0.0958. The first-order chi connectivity index (χ1) is 8.92. The third-order valence-corrected chi connectivity index (χ3v) is 3.04. The Morgan fingerprint density at radius 1 is 1.32 bits per heavy atom. The van der Waals surface area contributed by atoms with Gasteiger partial charge in [-0.2, -0.15) is 0 Å². The third kappa shape index (κ3) is 6.03. The fraction of sp³-hybridized carbons (Fsp3) is 0.250. The minimum atomic E-state index is -3.46. The van der Waals surface area contributed by atoms with Crippen molar-refractivity contribution in [2.75, 3.05) is 24.2 Å². The highest BCUT2D eigenvalue weighted by Gasteiger charge is 2.04. The Hall–Kier alpha value is -1.86. The number of carbonyl (C=O) groups is 1. The Bertz CT molecular complexity index is 538. The third-order valence-electron chi connectivity index (χ3n) is 2.27. The van der Waals surface area contributed by atoms with Crippen LogP contribution in [-0.2, 0) is 10.0 Å². The molecule has 0 atom stereocenters. The van der Waals surface area contributed by atoms with E-state index in [-0.39, 0.29) is 18.2 Å². The van der Waals surface area contributed by atoms with E-state index < -0.39 is 10.0 Å². The van der Waals surface area contributed by atoms with Crippen LogP contribution in [0.15, 0.2) is 36.9 Å². The van der Waals surface area contributed by atoms with Crippen LogP contribution in [0.25, 0.3) is 0 Å². The molecule has 0 bridgehead atoms. The number of hydrogen-bond donors (Lipinski definition) is 3. The van der Waals surface area contributed by atoms with Crippen LogP contribution < -0.4 is 15.8 Å². The van der Waals surface area contributed by atoms with Crippen molar-refractivity contribution in [1.82, 2.24) is 5.32 Å². The van der Waals surface area contributed by atoms with Gasteiger partial charge in [0.05, 0.1) is 5.75 Å². The molecule has 0 aliphatic heterocycles. The van der Waals surface area contributed by atoms with Crippen LogP contribution in [0.4, 0.5) is 5.69 Å². The number of carbonyl (C=O) groups excluding carboxylic acids is 1. The van der Waals surface area contributed by atoms with E-state index in [1.807, 2.05) is 0 Å². The van der Waals surface area contributed by atoms with Crippen molar-refractivity contribution >= 4 is 21.6 Å². The first kappa shape index (κ1) is 15.2. The molecule has 0 radical (unpaired) electrons. The van der Waals surface area contributed by atoms with Crippen molar-refractivity contribution in [2.45, 2.75) is 0 Å². The first-order valence-electron chi connectivity index (χ1n) is 5.66. The molecular weight excluding hydrogens is 266 g/mol. The van der Waals surface area contributed by atoms with E-state index in [1.165, 1.54) is 0 Å². The number of nitrogens with one attached hydrogen (secondary N) is 2. The van der Waals surface area contributed by atoms with Gasteiger partial charge in [-0.1, -0.05) is 6.08 Å². The van der Waals surface area contributed by atoms with Gasteiger partial charge < -0.3 is 10.6 Å². The van der Waals surface area contributed by atoms with E-state index in [0.717, 1.165) is 5.69 Å². The summed E-state index contributed by atoms with van der Waals surface area (Å²) >= 11 is 0. The zero-order chi connectivity index (χ0) is 14.3. The molecule has 1 amide bonds. The van der Waals surface area contributed by atoms with Crippen molar-refractivity contribution in [3.63, 3.8) is 0 Å². The van der Waals surface area contributed by atoms with E-state index >= 15 is 0 Å². The summed E-state index contributed by atoms with van der Waals surface area (Å²) in [6.45, 7) is 4.14. The van der Waals surface area contributed by atoms with Crippen molar-refractivity contribution in [2.24, 2.45) is 5.14 Å². The number of anilines is 1. The van der Waals surface area contributed by atoms with Gasteiger partial charge in [0.2, 0.25) is 10.0 Å². The van der Waals surface area contributed by atoms with E-state index in [0.29, 0.717) is 12.1 Å². The van der Waals surface area contributed by atoms with Gasteiger partial charge in [-0.05, 0) is 24.3 Å². The number of rotatable bonds is 7. The monoisotopic (exact) mass is 283 g/mol. The van der Waals surface area contributed by atoms with Gasteiger partial charge in [0.1, 0.15) is 0 Å². The molecule has 1 aromatic rings. The fourth-order valence-corrected chi connectivity index (χ4v) is 1.73. The smallest absolute Gasteiger partial charge is 0.251 e. The molecule has 1 rings (SSSR count). The maximum absolute atomic E-state index is 11.6. The number of primary sulfonamides is 1.